The van der Waals surface area contributed by atoms with Crippen molar-refractivity contribution in [3.05, 3.63) is 0 Å². The van der Waals surface area contributed by atoms with Crippen molar-refractivity contribution in [1.29, 1.82) is 0 Å². The van der Waals surface area contributed by atoms with Crippen molar-refractivity contribution >= 4 is 17.7 Å². The first kappa shape index (κ1) is 9.38. The molecule has 0 N–H and O–H groups in total. The first-order valence-electron chi connectivity index (χ1n) is 5.13. The summed E-state index contributed by atoms with van der Waals surface area (Å²) in [5.41, 5.74) is 0. The average Bonchev–Trinajstić information content (AvgIpc) is 2.51. The van der Waals surface area contributed by atoms with Crippen LogP contribution in [0.25, 0.3) is 0 Å². The molecule has 1 aliphatic carbocycles. The predicted molar refractivity (Wildman–Crippen MR) is 55.8 cm³/mol. The molecule has 1 amide bonds. The molecule has 2 aliphatic rings. The number of nitrogens with zero attached hydrogens (tertiary/aromatic N) is 1. The molecule has 0 aromatic carbocycles. The molecule has 0 radical (unpaired) electrons. The van der Waals surface area contributed by atoms with E-state index in [1.54, 1.807) is 0 Å². The molecular weight excluding hydrogens is 182 g/mol. The lowest BCUT2D eigenvalue weighted by Gasteiger charge is -2.36. The largest absolute Gasteiger partial charge is 0.343 e. The van der Waals surface area contributed by atoms with Gasteiger partial charge in [0.2, 0.25) is 5.91 Å². The number of carbonyl (C=O) groups is 1. The second-order valence-corrected chi connectivity index (χ2v) is 5.24. The van der Waals surface area contributed by atoms with Crippen LogP contribution in [0, 0.1) is 5.92 Å². The van der Waals surface area contributed by atoms with Gasteiger partial charge >= 0.3 is 0 Å². The Morgan fingerprint density at radius 1 is 1.38 bits per heavy atom. The van der Waals surface area contributed by atoms with Crippen LogP contribution >= 0.6 is 11.8 Å². The van der Waals surface area contributed by atoms with Gasteiger partial charge in [-0.25, -0.2) is 0 Å². The van der Waals surface area contributed by atoms with Gasteiger partial charge in [0.05, 0.1) is 0 Å². The third kappa shape index (κ3) is 1.85. The summed E-state index contributed by atoms with van der Waals surface area (Å²) in [6.45, 7) is 0. The zero-order valence-electron chi connectivity index (χ0n) is 8.16. The number of thioether (sulfide) groups is 1. The fourth-order valence-electron chi connectivity index (χ4n) is 1.97. The first-order chi connectivity index (χ1) is 6.29. The molecule has 2 nitrogen and oxygen atoms in total. The van der Waals surface area contributed by atoms with Gasteiger partial charge in [0.25, 0.3) is 0 Å². The number of rotatable bonds is 2. The Labute approximate surface area is 84.1 Å². The van der Waals surface area contributed by atoms with Gasteiger partial charge < -0.3 is 4.90 Å². The van der Waals surface area contributed by atoms with Gasteiger partial charge in [0.15, 0.2) is 0 Å². The van der Waals surface area contributed by atoms with E-state index in [4.69, 9.17) is 0 Å². The number of carbonyl (C=O) groups excluding carboxylic acids is 1. The summed E-state index contributed by atoms with van der Waals surface area (Å²) in [4.78, 5) is 13.9. The number of hydrogen-bond donors (Lipinski definition) is 0. The van der Waals surface area contributed by atoms with E-state index in [-0.39, 0.29) is 0 Å². The summed E-state index contributed by atoms with van der Waals surface area (Å²) in [5, 5.41) is 0. The van der Waals surface area contributed by atoms with Crippen LogP contribution < -0.4 is 0 Å². The molecule has 1 unspecified atom stereocenters. The first-order valence-corrected chi connectivity index (χ1v) is 6.29. The molecule has 2 rings (SSSR count). The minimum atomic E-state index is 0.329. The van der Waals surface area contributed by atoms with Crippen molar-refractivity contribution in [3.63, 3.8) is 0 Å². The Morgan fingerprint density at radius 3 is 2.62 bits per heavy atom. The molecule has 13 heavy (non-hydrogen) atoms. The molecule has 1 heterocycles. The van der Waals surface area contributed by atoms with Crippen LogP contribution in [0.1, 0.15) is 25.7 Å². The van der Waals surface area contributed by atoms with Crippen molar-refractivity contribution in [1.82, 2.24) is 4.90 Å². The van der Waals surface area contributed by atoms with E-state index in [0.717, 1.165) is 12.2 Å². The zero-order valence-corrected chi connectivity index (χ0v) is 8.98. The molecule has 0 bridgehead atoms. The highest BCUT2D eigenvalue weighted by molar-refractivity contribution is 7.99. The molecule has 1 atom stereocenters. The van der Waals surface area contributed by atoms with E-state index < -0.39 is 0 Å². The molecule has 1 aliphatic heterocycles. The van der Waals surface area contributed by atoms with Crippen LogP contribution in [0.5, 0.6) is 0 Å². The van der Waals surface area contributed by atoms with Gasteiger partial charge in [-0.05, 0) is 31.4 Å². The normalized spacial score (nSPS) is 28.5. The molecule has 2 fully saturated rings. The standard InChI is InChI=1S/C10H17NOS/c1-11(9-3-2-4-9)10(12)8-5-6-13-7-8/h8-9H,2-7H2,1H3. The molecule has 0 aromatic heterocycles. The maximum atomic E-state index is 11.9. The van der Waals surface area contributed by atoms with E-state index in [2.05, 4.69) is 0 Å². The van der Waals surface area contributed by atoms with E-state index >= 15 is 0 Å². The van der Waals surface area contributed by atoms with Crippen LogP contribution in [0.2, 0.25) is 0 Å². The van der Waals surface area contributed by atoms with Gasteiger partial charge in [-0.15, -0.1) is 0 Å². The van der Waals surface area contributed by atoms with Crippen LogP contribution in [-0.2, 0) is 4.79 Å². The fourth-order valence-corrected chi connectivity index (χ4v) is 3.18. The van der Waals surface area contributed by atoms with Crippen LogP contribution in [0.15, 0.2) is 0 Å². The predicted octanol–water partition coefficient (Wildman–Crippen LogP) is 1.75. The van der Waals surface area contributed by atoms with Crippen LogP contribution in [0.3, 0.4) is 0 Å². The monoisotopic (exact) mass is 199 g/mol. The van der Waals surface area contributed by atoms with Crippen molar-refractivity contribution in [3.8, 4) is 0 Å². The lowest BCUT2D eigenvalue weighted by molar-refractivity contribution is -0.137. The number of amides is 1. The van der Waals surface area contributed by atoms with Gasteiger partial charge in [0.1, 0.15) is 0 Å². The highest BCUT2D eigenvalue weighted by Crippen LogP contribution is 2.29. The molecule has 0 aromatic rings. The third-order valence-corrected chi connectivity index (χ3v) is 4.41. The second kappa shape index (κ2) is 3.91. The van der Waals surface area contributed by atoms with Crippen molar-refractivity contribution in [2.24, 2.45) is 5.92 Å². The summed E-state index contributed by atoms with van der Waals surface area (Å²) < 4.78 is 0. The van der Waals surface area contributed by atoms with Gasteiger partial charge in [-0.3, -0.25) is 4.79 Å². The molecule has 74 valence electrons. The summed E-state index contributed by atoms with van der Waals surface area (Å²) in [5.74, 6) is 2.95. The Hall–Kier alpha value is -0.180. The smallest absolute Gasteiger partial charge is 0.226 e. The average molecular weight is 199 g/mol. The zero-order chi connectivity index (χ0) is 9.26. The van der Waals surface area contributed by atoms with Crippen molar-refractivity contribution < 1.29 is 4.79 Å². The lowest BCUT2D eigenvalue weighted by Crippen LogP contribution is -2.44. The summed E-state index contributed by atoms with van der Waals surface area (Å²) in [7, 11) is 1.98. The van der Waals surface area contributed by atoms with Crippen molar-refractivity contribution in [2.45, 2.75) is 31.7 Å². The molecule has 1 saturated carbocycles. The van der Waals surface area contributed by atoms with E-state index in [1.807, 2.05) is 23.7 Å². The van der Waals surface area contributed by atoms with E-state index in [0.29, 0.717) is 17.9 Å². The Kier molecular flexibility index (Phi) is 2.82. The van der Waals surface area contributed by atoms with Gasteiger partial charge in [-0.1, -0.05) is 0 Å². The Morgan fingerprint density at radius 2 is 2.15 bits per heavy atom. The summed E-state index contributed by atoms with van der Waals surface area (Å²) in [6, 6.07) is 0.568. The maximum absolute atomic E-state index is 11.9. The van der Waals surface area contributed by atoms with E-state index in [9.17, 15) is 4.79 Å². The van der Waals surface area contributed by atoms with Crippen LogP contribution in [0.4, 0.5) is 0 Å². The Bertz CT molecular complexity index is 197. The van der Waals surface area contributed by atoms with Crippen LogP contribution in [-0.4, -0.2) is 35.4 Å². The van der Waals surface area contributed by atoms with Crippen molar-refractivity contribution in [2.75, 3.05) is 18.6 Å². The summed E-state index contributed by atoms with van der Waals surface area (Å²) in [6.07, 6.45) is 4.85. The molecule has 0 spiro atoms. The lowest BCUT2D eigenvalue weighted by atomic mass is 9.91. The second-order valence-electron chi connectivity index (χ2n) is 4.09. The quantitative estimate of drug-likeness (QED) is 0.675. The number of hydrogen-bond acceptors (Lipinski definition) is 2. The summed E-state index contributed by atoms with van der Waals surface area (Å²) >= 11 is 1.92. The van der Waals surface area contributed by atoms with Gasteiger partial charge in [-0.2, -0.15) is 11.8 Å². The third-order valence-electron chi connectivity index (χ3n) is 3.25. The fraction of sp³-hybridized carbons (Fsp3) is 0.900. The topological polar surface area (TPSA) is 20.3 Å². The minimum Gasteiger partial charge on any atom is -0.343 e. The molecule has 3 heteroatoms. The maximum Gasteiger partial charge on any atom is 0.226 e. The highest BCUT2D eigenvalue weighted by Gasteiger charge is 2.31. The minimum absolute atomic E-state index is 0.329. The SMILES string of the molecule is CN(C(=O)C1CCSC1)C1CCC1. The van der Waals surface area contributed by atoms with Gasteiger partial charge in [0, 0.05) is 24.8 Å². The molecular formula is C10H17NOS. The van der Waals surface area contributed by atoms with E-state index in [1.165, 1.54) is 25.0 Å². The highest BCUT2D eigenvalue weighted by atomic mass is 32.2. The Balaban J connectivity index is 1.87. The molecule has 1 saturated heterocycles.